The lowest BCUT2D eigenvalue weighted by atomic mass is 10.0. The Morgan fingerprint density at radius 3 is 2.48 bits per heavy atom. The van der Waals surface area contributed by atoms with Gasteiger partial charge in [0, 0.05) is 31.7 Å². The summed E-state index contributed by atoms with van der Waals surface area (Å²) in [5, 5.41) is 3.61. The van der Waals surface area contributed by atoms with Crippen molar-refractivity contribution in [2.24, 2.45) is 0 Å². The van der Waals surface area contributed by atoms with Crippen molar-refractivity contribution in [1.29, 1.82) is 0 Å². The van der Waals surface area contributed by atoms with Crippen LogP contribution in [-0.2, 0) is 6.54 Å². The van der Waals surface area contributed by atoms with Gasteiger partial charge in [-0.15, -0.1) is 0 Å². The van der Waals surface area contributed by atoms with E-state index in [2.05, 4.69) is 78.7 Å². The van der Waals surface area contributed by atoms with Gasteiger partial charge in [0.2, 0.25) is 0 Å². The fourth-order valence-electron chi connectivity index (χ4n) is 3.09. The van der Waals surface area contributed by atoms with Gasteiger partial charge in [-0.25, -0.2) is 0 Å². The minimum Gasteiger partial charge on any atom is -0.311 e. The van der Waals surface area contributed by atoms with Gasteiger partial charge in [0.05, 0.1) is 0 Å². The van der Waals surface area contributed by atoms with E-state index in [1.807, 2.05) is 0 Å². The van der Waals surface area contributed by atoms with Crippen LogP contribution in [0.1, 0.15) is 29.7 Å². The van der Waals surface area contributed by atoms with Crippen molar-refractivity contribution in [3.63, 3.8) is 0 Å². The molecule has 2 nitrogen and oxygen atoms in total. The minimum atomic E-state index is 0.462. The number of nitrogens with zero attached hydrogens (tertiary/aromatic N) is 1. The highest BCUT2D eigenvalue weighted by molar-refractivity contribution is 5.23. The highest BCUT2D eigenvalue weighted by Gasteiger charge is 2.26. The van der Waals surface area contributed by atoms with Crippen LogP contribution in [-0.4, -0.2) is 24.0 Å². The number of hydrogen-bond donors (Lipinski definition) is 1. The first kappa shape index (κ1) is 14.3. The van der Waals surface area contributed by atoms with Crippen LogP contribution in [0.5, 0.6) is 0 Å². The molecule has 0 aliphatic carbocycles. The van der Waals surface area contributed by atoms with Gasteiger partial charge in [-0.05, 0) is 25.0 Å². The van der Waals surface area contributed by atoms with Crippen molar-refractivity contribution in [2.45, 2.75) is 32.5 Å². The summed E-state index contributed by atoms with van der Waals surface area (Å²) in [6.45, 7) is 7.54. The maximum atomic E-state index is 3.61. The zero-order valence-corrected chi connectivity index (χ0v) is 12.9. The molecule has 1 aliphatic heterocycles. The molecular weight excluding hydrogens is 256 g/mol. The van der Waals surface area contributed by atoms with Crippen LogP contribution in [0.3, 0.4) is 0 Å². The second-order valence-electron chi connectivity index (χ2n) is 6.15. The molecular formula is C19H24N2. The standard InChI is InChI=1S/C19H24N2/c1-15-8-10-17(11-9-15)14-21-13-16(2)20-12-19(21)18-6-4-3-5-7-18/h3-11,16,19-20H,12-14H2,1-2H3. The van der Waals surface area contributed by atoms with E-state index in [1.165, 1.54) is 16.7 Å². The zero-order valence-electron chi connectivity index (χ0n) is 12.9. The molecule has 0 aromatic heterocycles. The predicted molar refractivity (Wildman–Crippen MR) is 88.2 cm³/mol. The molecule has 1 fully saturated rings. The van der Waals surface area contributed by atoms with E-state index in [0.29, 0.717) is 12.1 Å². The molecule has 3 rings (SSSR count). The molecule has 0 bridgehead atoms. The van der Waals surface area contributed by atoms with Gasteiger partial charge in [-0.2, -0.15) is 0 Å². The monoisotopic (exact) mass is 280 g/mol. The first-order chi connectivity index (χ1) is 10.2. The number of hydrogen-bond acceptors (Lipinski definition) is 2. The quantitative estimate of drug-likeness (QED) is 0.925. The molecule has 1 heterocycles. The van der Waals surface area contributed by atoms with E-state index in [0.717, 1.165) is 19.6 Å². The highest BCUT2D eigenvalue weighted by atomic mass is 15.2. The summed E-state index contributed by atoms with van der Waals surface area (Å²) in [6.07, 6.45) is 0. The first-order valence-electron chi connectivity index (χ1n) is 7.80. The summed E-state index contributed by atoms with van der Waals surface area (Å²) >= 11 is 0. The lowest BCUT2D eigenvalue weighted by Gasteiger charge is -2.39. The van der Waals surface area contributed by atoms with Crippen LogP contribution >= 0.6 is 0 Å². The third kappa shape index (κ3) is 3.52. The predicted octanol–water partition coefficient (Wildman–Crippen LogP) is 3.53. The molecule has 21 heavy (non-hydrogen) atoms. The Bertz CT molecular complexity index is 562. The number of aryl methyl sites for hydroxylation is 1. The molecule has 2 atom stereocenters. The summed E-state index contributed by atoms with van der Waals surface area (Å²) in [4.78, 5) is 2.60. The molecule has 1 saturated heterocycles. The van der Waals surface area contributed by atoms with Crippen LogP contribution in [0.25, 0.3) is 0 Å². The van der Waals surface area contributed by atoms with Gasteiger partial charge in [0.1, 0.15) is 0 Å². The van der Waals surface area contributed by atoms with Crippen LogP contribution in [0.4, 0.5) is 0 Å². The minimum absolute atomic E-state index is 0.462. The highest BCUT2D eigenvalue weighted by Crippen LogP contribution is 2.25. The average molecular weight is 280 g/mol. The number of rotatable bonds is 3. The molecule has 2 unspecified atom stereocenters. The number of piperazine rings is 1. The molecule has 1 aliphatic rings. The molecule has 0 spiro atoms. The number of nitrogens with one attached hydrogen (secondary N) is 1. The Labute approximate surface area is 127 Å². The molecule has 2 aromatic carbocycles. The molecule has 0 amide bonds. The van der Waals surface area contributed by atoms with Crippen LogP contribution in [0.2, 0.25) is 0 Å². The first-order valence-corrected chi connectivity index (χ1v) is 7.80. The summed E-state index contributed by atoms with van der Waals surface area (Å²) in [7, 11) is 0. The fraction of sp³-hybridized carbons (Fsp3) is 0.368. The largest absolute Gasteiger partial charge is 0.311 e. The molecule has 110 valence electrons. The normalized spacial score (nSPS) is 23.1. The maximum absolute atomic E-state index is 3.61. The van der Waals surface area contributed by atoms with E-state index in [1.54, 1.807) is 0 Å². The Kier molecular flexibility index (Phi) is 4.37. The molecule has 0 saturated carbocycles. The Balaban J connectivity index is 1.80. The van der Waals surface area contributed by atoms with Gasteiger partial charge >= 0.3 is 0 Å². The van der Waals surface area contributed by atoms with Crippen LogP contribution in [0, 0.1) is 6.92 Å². The van der Waals surface area contributed by atoms with E-state index in [4.69, 9.17) is 0 Å². The second kappa shape index (κ2) is 6.42. The lowest BCUT2D eigenvalue weighted by molar-refractivity contribution is 0.127. The van der Waals surface area contributed by atoms with Crippen molar-refractivity contribution in [3.8, 4) is 0 Å². The fourth-order valence-corrected chi connectivity index (χ4v) is 3.09. The van der Waals surface area contributed by atoms with Crippen molar-refractivity contribution in [1.82, 2.24) is 10.2 Å². The van der Waals surface area contributed by atoms with E-state index >= 15 is 0 Å². The summed E-state index contributed by atoms with van der Waals surface area (Å²) in [5.41, 5.74) is 4.13. The van der Waals surface area contributed by atoms with Crippen LogP contribution < -0.4 is 5.32 Å². The van der Waals surface area contributed by atoms with Crippen molar-refractivity contribution in [2.75, 3.05) is 13.1 Å². The smallest absolute Gasteiger partial charge is 0.0476 e. The van der Waals surface area contributed by atoms with Gasteiger partial charge < -0.3 is 5.32 Å². The second-order valence-corrected chi connectivity index (χ2v) is 6.15. The van der Waals surface area contributed by atoms with Gasteiger partial charge in [-0.1, -0.05) is 60.2 Å². The van der Waals surface area contributed by atoms with Gasteiger partial charge in [-0.3, -0.25) is 4.90 Å². The molecule has 2 aromatic rings. The van der Waals surface area contributed by atoms with Crippen LogP contribution in [0.15, 0.2) is 54.6 Å². The topological polar surface area (TPSA) is 15.3 Å². The number of benzene rings is 2. The Hall–Kier alpha value is -1.64. The third-order valence-corrected chi connectivity index (χ3v) is 4.30. The molecule has 2 heteroatoms. The third-order valence-electron chi connectivity index (χ3n) is 4.30. The van der Waals surface area contributed by atoms with Gasteiger partial charge in [0.15, 0.2) is 0 Å². The van der Waals surface area contributed by atoms with E-state index in [9.17, 15) is 0 Å². The van der Waals surface area contributed by atoms with Crippen molar-refractivity contribution >= 4 is 0 Å². The summed E-state index contributed by atoms with van der Waals surface area (Å²) in [6, 6.07) is 20.8. The lowest BCUT2D eigenvalue weighted by Crippen LogP contribution is -2.50. The van der Waals surface area contributed by atoms with Crippen molar-refractivity contribution in [3.05, 3.63) is 71.3 Å². The van der Waals surface area contributed by atoms with E-state index < -0.39 is 0 Å². The van der Waals surface area contributed by atoms with E-state index in [-0.39, 0.29) is 0 Å². The Morgan fingerprint density at radius 2 is 1.76 bits per heavy atom. The summed E-state index contributed by atoms with van der Waals surface area (Å²) in [5.74, 6) is 0. The molecule has 0 radical (unpaired) electrons. The maximum Gasteiger partial charge on any atom is 0.0476 e. The van der Waals surface area contributed by atoms with Gasteiger partial charge in [0.25, 0.3) is 0 Å². The van der Waals surface area contributed by atoms with Crippen molar-refractivity contribution < 1.29 is 0 Å². The average Bonchev–Trinajstić information content (AvgIpc) is 2.51. The SMILES string of the molecule is Cc1ccc(CN2CC(C)NCC2c2ccccc2)cc1. The zero-order chi connectivity index (χ0) is 14.7. The summed E-state index contributed by atoms with van der Waals surface area (Å²) < 4.78 is 0. The Morgan fingerprint density at radius 1 is 1.05 bits per heavy atom. The molecule has 1 N–H and O–H groups in total.